The minimum absolute atomic E-state index is 0.137. The van der Waals surface area contributed by atoms with E-state index in [-0.39, 0.29) is 4.90 Å². The molecule has 0 aromatic heterocycles. The molecule has 2 aromatic rings. The number of nitrogens with two attached hydrogens (primary N) is 1. The standard InChI is InChI=1S/C15H15F2N3O3S/c1-10-2-5-12(6-3-10)24(22,23)20(9-15(21)19-18)14-7-4-11(16)8-13(14)17/h2-8H,9,18H2,1H3,(H,19,21). The van der Waals surface area contributed by atoms with Gasteiger partial charge in [0.1, 0.15) is 18.2 Å². The van der Waals surface area contributed by atoms with Crippen molar-refractivity contribution in [3.05, 3.63) is 59.7 Å². The maximum Gasteiger partial charge on any atom is 0.264 e. The van der Waals surface area contributed by atoms with Gasteiger partial charge in [-0.2, -0.15) is 0 Å². The molecule has 1 amide bonds. The number of aryl methyl sites for hydroxylation is 1. The summed E-state index contributed by atoms with van der Waals surface area (Å²) in [6, 6.07) is 8.17. The van der Waals surface area contributed by atoms with Crippen molar-refractivity contribution in [3.63, 3.8) is 0 Å². The minimum atomic E-state index is -4.26. The van der Waals surface area contributed by atoms with Crippen LogP contribution in [0.4, 0.5) is 14.5 Å². The van der Waals surface area contributed by atoms with Crippen LogP contribution in [0.25, 0.3) is 0 Å². The van der Waals surface area contributed by atoms with Gasteiger partial charge in [-0.05, 0) is 31.2 Å². The largest absolute Gasteiger partial charge is 0.293 e. The third-order valence-electron chi connectivity index (χ3n) is 3.24. The predicted octanol–water partition coefficient (Wildman–Crippen LogP) is 1.46. The van der Waals surface area contributed by atoms with Gasteiger partial charge in [0.15, 0.2) is 0 Å². The van der Waals surface area contributed by atoms with Crippen molar-refractivity contribution in [1.29, 1.82) is 0 Å². The predicted molar refractivity (Wildman–Crippen MR) is 84.4 cm³/mol. The normalized spacial score (nSPS) is 11.2. The Morgan fingerprint density at radius 3 is 2.33 bits per heavy atom. The molecule has 128 valence electrons. The van der Waals surface area contributed by atoms with E-state index in [0.717, 1.165) is 17.7 Å². The summed E-state index contributed by atoms with van der Waals surface area (Å²) < 4.78 is 53.2. The van der Waals surface area contributed by atoms with Crippen molar-refractivity contribution < 1.29 is 22.0 Å². The monoisotopic (exact) mass is 355 g/mol. The molecule has 0 saturated carbocycles. The molecule has 24 heavy (non-hydrogen) atoms. The highest BCUT2D eigenvalue weighted by Crippen LogP contribution is 2.26. The van der Waals surface area contributed by atoms with E-state index in [1.807, 2.05) is 0 Å². The zero-order valence-electron chi connectivity index (χ0n) is 12.7. The van der Waals surface area contributed by atoms with Crippen LogP contribution >= 0.6 is 0 Å². The first-order valence-corrected chi connectivity index (χ1v) is 8.23. The van der Waals surface area contributed by atoms with Gasteiger partial charge in [0.2, 0.25) is 0 Å². The Labute approximate surface area is 137 Å². The summed E-state index contributed by atoms with van der Waals surface area (Å²) >= 11 is 0. The molecule has 0 aliphatic rings. The number of rotatable bonds is 5. The summed E-state index contributed by atoms with van der Waals surface area (Å²) in [5, 5.41) is 0. The van der Waals surface area contributed by atoms with E-state index in [1.54, 1.807) is 24.5 Å². The molecule has 9 heteroatoms. The van der Waals surface area contributed by atoms with Gasteiger partial charge >= 0.3 is 0 Å². The average Bonchev–Trinajstić information content (AvgIpc) is 2.53. The van der Waals surface area contributed by atoms with E-state index in [0.29, 0.717) is 10.4 Å². The molecule has 0 aliphatic heterocycles. The fraction of sp³-hybridized carbons (Fsp3) is 0.133. The number of benzene rings is 2. The fourth-order valence-electron chi connectivity index (χ4n) is 2.00. The van der Waals surface area contributed by atoms with Gasteiger partial charge in [-0.1, -0.05) is 17.7 Å². The second-order valence-electron chi connectivity index (χ2n) is 4.99. The van der Waals surface area contributed by atoms with Crippen LogP contribution < -0.4 is 15.6 Å². The number of halogens is 2. The van der Waals surface area contributed by atoms with E-state index in [4.69, 9.17) is 5.84 Å². The lowest BCUT2D eigenvalue weighted by Gasteiger charge is -2.24. The summed E-state index contributed by atoms with van der Waals surface area (Å²) in [5.74, 6) is 2.15. The van der Waals surface area contributed by atoms with Gasteiger partial charge in [0.05, 0.1) is 10.6 Å². The number of hydrogen-bond acceptors (Lipinski definition) is 4. The minimum Gasteiger partial charge on any atom is -0.293 e. The molecule has 0 unspecified atom stereocenters. The molecule has 0 bridgehead atoms. The highest BCUT2D eigenvalue weighted by molar-refractivity contribution is 7.92. The summed E-state index contributed by atoms with van der Waals surface area (Å²) in [4.78, 5) is 11.4. The number of hydrogen-bond donors (Lipinski definition) is 2. The highest BCUT2D eigenvalue weighted by atomic mass is 32.2. The van der Waals surface area contributed by atoms with Gasteiger partial charge < -0.3 is 0 Å². The number of amides is 1. The first kappa shape index (κ1) is 17.8. The van der Waals surface area contributed by atoms with E-state index in [2.05, 4.69) is 0 Å². The van der Waals surface area contributed by atoms with E-state index in [1.165, 1.54) is 12.1 Å². The SMILES string of the molecule is Cc1ccc(S(=O)(=O)N(CC(=O)NN)c2ccc(F)cc2F)cc1. The van der Waals surface area contributed by atoms with Crippen LogP contribution in [-0.4, -0.2) is 20.9 Å². The van der Waals surface area contributed by atoms with Crippen molar-refractivity contribution in [2.45, 2.75) is 11.8 Å². The molecular formula is C15H15F2N3O3S. The number of nitrogens with one attached hydrogen (secondary N) is 1. The zero-order chi connectivity index (χ0) is 17.9. The molecule has 3 N–H and O–H groups in total. The number of carbonyl (C=O) groups is 1. The van der Waals surface area contributed by atoms with Crippen molar-refractivity contribution >= 4 is 21.6 Å². The second-order valence-corrected chi connectivity index (χ2v) is 6.85. The van der Waals surface area contributed by atoms with Crippen LogP contribution in [0, 0.1) is 18.6 Å². The highest BCUT2D eigenvalue weighted by Gasteiger charge is 2.29. The third kappa shape index (κ3) is 3.69. The Morgan fingerprint density at radius 2 is 1.79 bits per heavy atom. The van der Waals surface area contributed by atoms with Crippen LogP contribution in [0.3, 0.4) is 0 Å². The number of hydrazine groups is 1. The van der Waals surface area contributed by atoms with Crippen LogP contribution in [0.2, 0.25) is 0 Å². The number of carbonyl (C=O) groups excluding carboxylic acids is 1. The maximum atomic E-state index is 14.1. The van der Waals surface area contributed by atoms with Gasteiger partial charge in [-0.15, -0.1) is 0 Å². The molecule has 0 heterocycles. The maximum absolute atomic E-state index is 14.1. The molecule has 0 aliphatic carbocycles. The molecule has 0 fully saturated rings. The summed E-state index contributed by atoms with van der Waals surface area (Å²) in [6.45, 7) is 1.02. The van der Waals surface area contributed by atoms with Gasteiger partial charge in [-0.3, -0.25) is 14.5 Å². The topological polar surface area (TPSA) is 92.5 Å². The molecular weight excluding hydrogens is 340 g/mol. The number of anilines is 1. The summed E-state index contributed by atoms with van der Waals surface area (Å²) in [5.41, 5.74) is 2.16. The lowest BCUT2D eigenvalue weighted by Crippen LogP contribution is -2.43. The molecule has 0 saturated heterocycles. The van der Waals surface area contributed by atoms with E-state index in [9.17, 15) is 22.0 Å². The Balaban J connectivity index is 2.57. The lowest BCUT2D eigenvalue weighted by molar-refractivity contribution is -0.119. The average molecular weight is 355 g/mol. The number of nitrogens with zero attached hydrogens (tertiary/aromatic N) is 1. The van der Waals surface area contributed by atoms with Crippen LogP contribution in [0.1, 0.15) is 5.56 Å². The molecule has 6 nitrogen and oxygen atoms in total. The fourth-order valence-corrected chi connectivity index (χ4v) is 3.43. The van der Waals surface area contributed by atoms with Crippen molar-refractivity contribution in [1.82, 2.24) is 5.43 Å². The van der Waals surface area contributed by atoms with E-state index < -0.39 is 39.8 Å². The summed E-state index contributed by atoms with van der Waals surface area (Å²) in [6.07, 6.45) is 0. The van der Waals surface area contributed by atoms with Gasteiger partial charge in [0, 0.05) is 6.07 Å². The van der Waals surface area contributed by atoms with Gasteiger partial charge in [-0.25, -0.2) is 23.0 Å². The summed E-state index contributed by atoms with van der Waals surface area (Å²) in [7, 11) is -4.26. The van der Waals surface area contributed by atoms with Crippen LogP contribution in [0.15, 0.2) is 47.4 Å². The Hall–Kier alpha value is -2.52. The zero-order valence-corrected chi connectivity index (χ0v) is 13.5. The van der Waals surface area contributed by atoms with E-state index >= 15 is 0 Å². The van der Waals surface area contributed by atoms with Gasteiger partial charge in [0.25, 0.3) is 15.9 Å². The van der Waals surface area contributed by atoms with Crippen molar-refractivity contribution in [3.8, 4) is 0 Å². The second kappa shape index (κ2) is 6.93. The molecule has 0 atom stereocenters. The first-order valence-electron chi connectivity index (χ1n) is 6.79. The molecule has 2 rings (SSSR count). The third-order valence-corrected chi connectivity index (χ3v) is 5.01. The van der Waals surface area contributed by atoms with Crippen molar-refractivity contribution in [2.75, 3.05) is 10.8 Å². The Bertz CT molecular complexity index is 855. The Morgan fingerprint density at radius 1 is 1.17 bits per heavy atom. The first-order chi connectivity index (χ1) is 11.3. The quantitative estimate of drug-likeness (QED) is 0.482. The lowest BCUT2D eigenvalue weighted by atomic mass is 10.2. The molecule has 0 radical (unpaired) electrons. The number of sulfonamides is 1. The van der Waals surface area contributed by atoms with Crippen molar-refractivity contribution in [2.24, 2.45) is 5.84 Å². The van der Waals surface area contributed by atoms with Crippen LogP contribution in [-0.2, 0) is 14.8 Å². The smallest absolute Gasteiger partial charge is 0.264 e. The molecule has 0 spiro atoms. The Kier molecular flexibility index (Phi) is 5.15. The van der Waals surface area contributed by atoms with Crippen LogP contribution in [0.5, 0.6) is 0 Å². The molecule has 2 aromatic carbocycles.